The first kappa shape index (κ1) is 12.7. The average Bonchev–Trinajstić information content (AvgIpc) is 3.27. The van der Waals surface area contributed by atoms with Crippen molar-refractivity contribution in [3.63, 3.8) is 0 Å². The van der Waals surface area contributed by atoms with E-state index < -0.39 is 0 Å². The molecule has 4 aromatic heterocycles. The molecule has 2 N–H and O–H groups in total. The molecule has 7 nitrogen and oxygen atoms in total. The summed E-state index contributed by atoms with van der Waals surface area (Å²) in [6.45, 7) is 0. The Morgan fingerprint density at radius 2 is 2.18 bits per heavy atom. The molecule has 4 aromatic rings. The fourth-order valence-corrected chi connectivity index (χ4v) is 2.60. The number of nitrogens with zero attached hydrogens (tertiary/aromatic N) is 4. The highest BCUT2D eigenvalue weighted by Gasteiger charge is 2.12. The Morgan fingerprint density at radius 1 is 1.23 bits per heavy atom. The van der Waals surface area contributed by atoms with Gasteiger partial charge in [0.05, 0.1) is 0 Å². The van der Waals surface area contributed by atoms with Gasteiger partial charge in [0.1, 0.15) is 16.9 Å². The highest BCUT2D eigenvalue weighted by molar-refractivity contribution is 7.13. The lowest BCUT2D eigenvalue weighted by Gasteiger charge is -1.98. The number of hydrogen-bond donors (Lipinski definition) is 2. The summed E-state index contributed by atoms with van der Waals surface area (Å²) in [5.74, 6) is -0.302. The van der Waals surface area contributed by atoms with Crippen molar-refractivity contribution in [3.8, 4) is 11.1 Å². The second-order valence-corrected chi connectivity index (χ2v) is 5.44. The Hall–Kier alpha value is -3.00. The van der Waals surface area contributed by atoms with Gasteiger partial charge in [-0.15, -0.1) is 10.2 Å². The quantitative estimate of drug-likeness (QED) is 0.608. The van der Waals surface area contributed by atoms with E-state index in [0.29, 0.717) is 16.5 Å². The summed E-state index contributed by atoms with van der Waals surface area (Å²) >= 11 is 1.26. The van der Waals surface area contributed by atoms with Gasteiger partial charge in [-0.25, -0.2) is 4.98 Å². The SMILES string of the molecule is O=C(Nc1nncs1)c1cn2cc(-c3cc[nH]c3)ccc2n1. The van der Waals surface area contributed by atoms with Crippen LogP contribution in [0.25, 0.3) is 16.8 Å². The summed E-state index contributed by atoms with van der Waals surface area (Å²) in [5, 5.41) is 10.6. The predicted octanol–water partition coefficient (Wildman–Crippen LogP) is 2.43. The van der Waals surface area contributed by atoms with Crippen LogP contribution in [-0.2, 0) is 0 Å². The van der Waals surface area contributed by atoms with E-state index in [2.05, 4.69) is 25.5 Å². The van der Waals surface area contributed by atoms with Gasteiger partial charge in [0, 0.05) is 30.4 Å². The van der Waals surface area contributed by atoms with Gasteiger partial charge in [-0.3, -0.25) is 10.1 Å². The molecule has 0 fully saturated rings. The van der Waals surface area contributed by atoms with Gasteiger partial charge in [0.2, 0.25) is 5.13 Å². The molecular formula is C14H10N6OS. The van der Waals surface area contributed by atoms with Gasteiger partial charge in [-0.2, -0.15) is 0 Å². The molecule has 0 saturated heterocycles. The van der Waals surface area contributed by atoms with Gasteiger partial charge >= 0.3 is 0 Å². The Bertz CT molecular complexity index is 926. The fourth-order valence-electron chi connectivity index (χ4n) is 2.16. The van der Waals surface area contributed by atoms with Crippen LogP contribution in [0.3, 0.4) is 0 Å². The number of nitrogens with one attached hydrogen (secondary N) is 2. The number of fused-ring (bicyclic) bond motifs is 1. The predicted molar refractivity (Wildman–Crippen MR) is 82.8 cm³/mol. The maximum atomic E-state index is 12.1. The number of rotatable bonds is 3. The van der Waals surface area contributed by atoms with Gasteiger partial charge in [0.25, 0.3) is 5.91 Å². The molecule has 8 heteroatoms. The number of aromatic amines is 1. The van der Waals surface area contributed by atoms with Crippen molar-refractivity contribution < 1.29 is 4.79 Å². The number of imidazole rings is 1. The minimum atomic E-state index is -0.302. The summed E-state index contributed by atoms with van der Waals surface area (Å²) in [6, 6.07) is 5.84. The maximum Gasteiger partial charge on any atom is 0.277 e. The Labute approximate surface area is 128 Å². The summed E-state index contributed by atoms with van der Waals surface area (Å²) in [6.07, 6.45) is 7.42. The van der Waals surface area contributed by atoms with Gasteiger partial charge in [-0.1, -0.05) is 11.3 Å². The third-order valence-corrected chi connectivity index (χ3v) is 3.80. The maximum absolute atomic E-state index is 12.1. The van der Waals surface area contributed by atoms with E-state index in [4.69, 9.17) is 0 Å². The van der Waals surface area contributed by atoms with E-state index >= 15 is 0 Å². The van der Waals surface area contributed by atoms with Crippen molar-refractivity contribution in [2.75, 3.05) is 5.32 Å². The number of H-pyrrole nitrogens is 1. The van der Waals surface area contributed by atoms with Crippen LogP contribution >= 0.6 is 11.3 Å². The minimum Gasteiger partial charge on any atom is -0.367 e. The number of carbonyl (C=O) groups is 1. The van der Waals surface area contributed by atoms with E-state index in [1.165, 1.54) is 11.3 Å². The third kappa shape index (κ3) is 2.25. The first-order valence-corrected chi connectivity index (χ1v) is 7.37. The molecule has 0 bridgehead atoms. The van der Waals surface area contributed by atoms with Crippen molar-refractivity contribution >= 4 is 28.0 Å². The molecule has 1 amide bonds. The molecule has 4 heterocycles. The van der Waals surface area contributed by atoms with Crippen LogP contribution in [0.5, 0.6) is 0 Å². The summed E-state index contributed by atoms with van der Waals surface area (Å²) in [5.41, 5.74) is 4.73. The monoisotopic (exact) mass is 310 g/mol. The van der Waals surface area contributed by atoms with Crippen LogP contribution in [0.15, 0.2) is 48.5 Å². The van der Waals surface area contributed by atoms with Gasteiger partial charge in [0.15, 0.2) is 0 Å². The first-order chi connectivity index (χ1) is 10.8. The molecule has 0 aliphatic heterocycles. The number of carbonyl (C=O) groups excluding carboxylic acids is 1. The van der Waals surface area contributed by atoms with Crippen LogP contribution in [0.2, 0.25) is 0 Å². The Kier molecular flexibility index (Phi) is 2.94. The van der Waals surface area contributed by atoms with Crippen molar-refractivity contribution in [1.29, 1.82) is 0 Å². The Balaban J connectivity index is 1.67. The standard InChI is InChI=1S/C14H10N6OS/c21-13(18-14-19-16-8-22-14)11-7-20-6-10(1-2-12(20)17-11)9-3-4-15-5-9/h1-8,15H,(H,18,19,21). The zero-order valence-corrected chi connectivity index (χ0v) is 12.0. The van der Waals surface area contributed by atoms with E-state index in [-0.39, 0.29) is 5.91 Å². The molecule has 0 radical (unpaired) electrons. The topological polar surface area (TPSA) is 88.0 Å². The fraction of sp³-hybridized carbons (Fsp3) is 0. The lowest BCUT2D eigenvalue weighted by Crippen LogP contribution is -2.12. The first-order valence-electron chi connectivity index (χ1n) is 6.49. The highest BCUT2D eigenvalue weighted by atomic mass is 32.1. The van der Waals surface area contributed by atoms with Crippen LogP contribution in [0, 0.1) is 0 Å². The smallest absolute Gasteiger partial charge is 0.277 e. The van der Waals surface area contributed by atoms with Gasteiger partial charge < -0.3 is 9.38 Å². The van der Waals surface area contributed by atoms with Crippen LogP contribution in [-0.4, -0.2) is 30.5 Å². The largest absolute Gasteiger partial charge is 0.367 e. The second-order valence-electron chi connectivity index (χ2n) is 4.61. The van der Waals surface area contributed by atoms with E-state index in [9.17, 15) is 4.79 Å². The molecule has 0 unspecified atom stereocenters. The van der Waals surface area contributed by atoms with E-state index in [0.717, 1.165) is 11.1 Å². The molecular weight excluding hydrogens is 300 g/mol. The lowest BCUT2D eigenvalue weighted by atomic mass is 10.1. The molecule has 0 aliphatic carbocycles. The molecule has 0 aliphatic rings. The number of pyridine rings is 1. The molecule has 4 rings (SSSR count). The van der Waals surface area contributed by atoms with Crippen molar-refractivity contribution in [3.05, 3.63) is 54.2 Å². The zero-order valence-electron chi connectivity index (χ0n) is 11.2. The highest BCUT2D eigenvalue weighted by Crippen LogP contribution is 2.20. The molecule has 0 spiro atoms. The van der Waals surface area contributed by atoms with Crippen LogP contribution < -0.4 is 5.32 Å². The minimum absolute atomic E-state index is 0.302. The molecule has 0 aromatic carbocycles. The Morgan fingerprint density at radius 3 is 2.95 bits per heavy atom. The summed E-state index contributed by atoms with van der Waals surface area (Å²) in [4.78, 5) is 19.5. The van der Waals surface area contributed by atoms with Crippen molar-refractivity contribution in [2.24, 2.45) is 0 Å². The number of aromatic nitrogens is 5. The van der Waals surface area contributed by atoms with E-state index in [1.807, 2.05) is 41.2 Å². The average molecular weight is 310 g/mol. The number of amides is 1. The lowest BCUT2D eigenvalue weighted by molar-refractivity contribution is 0.102. The zero-order chi connectivity index (χ0) is 14.9. The molecule has 22 heavy (non-hydrogen) atoms. The summed E-state index contributed by atoms with van der Waals surface area (Å²) in [7, 11) is 0. The number of anilines is 1. The summed E-state index contributed by atoms with van der Waals surface area (Å²) < 4.78 is 1.83. The molecule has 0 atom stereocenters. The van der Waals surface area contributed by atoms with Crippen molar-refractivity contribution in [2.45, 2.75) is 0 Å². The second kappa shape index (κ2) is 5.08. The molecule has 108 valence electrons. The van der Waals surface area contributed by atoms with Crippen molar-refractivity contribution in [1.82, 2.24) is 24.6 Å². The third-order valence-electron chi connectivity index (χ3n) is 3.20. The van der Waals surface area contributed by atoms with Crippen LogP contribution in [0.4, 0.5) is 5.13 Å². The van der Waals surface area contributed by atoms with Gasteiger partial charge in [-0.05, 0) is 23.8 Å². The molecule has 0 saturated carbocycles. The van der Waals surface area contributed by atoms with E-state index in [1.54, 1.807) is 11.7 Å². The van der Waals surface area contributed by atoms with Crippen LogP contribution in [0.1, 0.15) is 10.5 Å². The number of hydrogen-bond acceptors (Lipinski definition) is 5. The normalized spacial score (nSPS) is 10.9.